The van der Waals surface area contributed by atoms with Crippen molar-refractivity contribution in [2.24, 2.45) is 0 Å². The molecule has 124 valence electrons. The van der Waals surface area contributed by atoms with Gasteiger partial charge in [-0.2, -0.15) is 0 Å². The van der Waals surface area contributed by atoms with Gasteiger partial charge in [0.15, 0.2) is 5.78 Å². The van der Waals surface area contributed by atoms with E-state index in [4.69, 9.17) is 0 Å². The molecule has 4 heteroatoms. The molecule has 25 heavy (non-hydrogen) atoms. The van der Waals surface area contributed by atoms with Crippen LogP contribution in [0.2, 0.25) is 0 Å². The maximum absolute atomic E-state index is 12.4. The number of carbonyl (C=O) groups excluding carboxylic acids is 3. The van der Waals surface area contributed by atoms with Crippen LogP contribution < -0.4 is 0 Å². The second-order valence-electron chi connectivity index (χ2n) is 5.72. The summed E-state index contributed by atoms with van der Waals surface area (Å²) in [5.74, 6) is 5.17. The molecule has 3 rings (SSSR count). The number of hydrogen-bond acceptors (Lipinski definition) is 3. The zero-order valence-corrected chi connectivity index (χ0v) is 13.9. The Bertz CT molecular complexity index is 883. The molecule has 0 N–H and O–H groups in total. The molecule has 0 bridgehead atoms. The van der Waals surface area contributed by atoms with Gasteiger partial charge < -0.3 is 0 Å². The molecule has 2 aromatic rings. The van der Waals surface area contributed by atoms with E-state index < -0.39 is 0 Å². The fourth-order valence-corrected chi connectivity index (χ4v) is 2.76. The van der Waals surface area contributed by atoms with Crippen LogP contribution in [0.3, 0.4) is 0 Å². The van der Waals surface area contributed by atoms with E-state index in [1.165, 1.54) is 0 Å². The first kappa shape index (κ1) is 16.7. The number of fused-ring (bicyclic) bond motifs is 1. The number of benzene rings is 2. The zero-order chi connectivity index (χ0) is 17.8. The third-order valence-electron chi connectivity index (χ3n) is 4.03. The highest BCUT2D eigenvalue weighted by Crippen LogP contribution is 2.22. The van der Waals surface area contributed by atoms with E-state index in [1.807, 2.05) is 13.0 Å². The number of nitrogens with zero attached hydrogens (tertiary/aromatic N) is 1. The molecule has 0 fully saturated rings. The van der Waals surface area contributed by atoms with Crippen LogP contribution in [0.5, 0.6) is 0 Å². The van der Waals surface area contributed by atoms with Crippen molar-refractivity contribution in [3.63, 3.8) is 0 Å². The number of amides is 2. The van der Waals surface area contributed by atoms with Crippen LogP contribution in [0.25, 0.3) is 0 Å². The maximum atomic E-state index is 12.4. The molecule has 4 nitrogen and oxygen atoms in total. The van der Waals surface area contributed by atoms with Gasteiger partial charge >= 0.3 is 0 Å². The summed E-state index contributed by atoms with van der Waals surface area (Å²) in [7, 11) is 0. The topological polar surface area (TPSA) is 54.5 Å². The van der Waals surface area contributed by atoms with Crippen LogP contribution in [-0.2, 0) is 0 Å². The molecule has 1 heterocycles. The summed E-state index contributed by atoms with van der Waals surface area (Å²) in [5.41, 5.74) is 2.13. The predicted octanol–water partition coefficient (Wildman–Crippen LogP) is 3.32. The van der Waals surface area contributed by atoms with Crippen LogP contribution in [0.4, 0.5) is 0 Å². The molecule has 0 spiro atoms. The third kappa shape index (κ3) is 3.36. The first-order valence-electron chi connectivity index (χ1n) is 8.19. The van der Waals surface area contributed by atoms with Gasteiger partial charge in [0.1, 0.15) is 0 Å². The second-order valence-corrected chi connectivity index (χ2v) is 5.72. The minimum atomic E-state index is -0.337. The van der Waals surface area contributed by atoms with Crippen LogP contribution in [0.15, 0.2) is 48.5 Å². The zero-order valence-electron chi connectivity index (χ0n) is 13.9. The van der Waals surface area contributed by atoms with Gasteiger partial charge in [0.05, 0.1) is 11.1 Å². The normalized spacial score (nSPS) is 12.6. The Labute approximate surface area is 146 Å². The van der Waals surface area contributed by atoms with Crippen molar-refractivity contribution in [3.8, 4) is 11.8 Å². The van der Waals surface area contributed by atoms with Crippen molar-refractivity contribution in [2.45, 2.75) is 19.8 Å². The average Bonchev–Trinajstić information content (AvgIpc) is 2.89. The molecule has 2 aromatic carbocycles. The van der Waals surface area contributed by atoms with E-state index in [-0.39, 0.29) is 30.6 Å². The lowest BCUT2D eigenvalue weighted by Gasteiger charge is -2.13. The van der Waals surface area contributed by atoms with Crippen LogP contribution in [-0.4, -0.2) is 29.0 Å². The Kier molecular flexibility index (Phi) is 4.76. The quantitative estimate of drug-likeness (QED) is 0.491. The van der Waals surface area contributed by atoms with Crippen molar-refractivity contribution in [2.75, 3.05) is 6.54 Å². The highest BCUT2D eigenvalue weighted by molar-refractivity contribution is 6.21. The van der Waals surface area contributed by atoms with E-state index in [0.29, 0.717) is 16.7 Å². The standard InChI is InChI=1S/C21H17NO3/c1-2-3-7-15-8-6-9-16(14-15)19(23)12-13-22-20(24)17-10-4-5-11-18(17)21(22)25/h4-6,8-11,14H,2,12-13H2,1H3. The first-order valence-corrected chi connectivity index (χ1v) is 8.19. The molecule has 0 saturated heterocycles. The van der Waals surface area contributed by atoms with Gasteiger partial charge in [0.25, 0.3) is 11.8 Å². The number of ketones is 1. The fraction of sp³-hybridized carbons (Fsp3) is 0.190. The third-order valence-corrected chi connectivity index (χ3v) is 4.03. The van der Waals surface area contributed by atoms with E-state index in [9.17, 15) is 14.4 Å². The monoisotopic (exact) mass is 331 g/mol. The minimum absolute atomic E-state index is 0.0794. The van der Waals surface area contributed by atoms with Gasteiger partial charge in [-0.05, 0) is 24.3 Å². The summed E-state index contributed by atoms with van der Waals surface area (Å²) in [6.07, 6.45) is 0.841. The molecular weight excluding hydrogens is 314 g/mol. The number of rotatable bonds is 4. The van der Waals surface area contributed by atoms with Crippen molar-refractivity contribution in [3.05, 3.63) is 70.8 Å². The minimum Gasteiger partial charge on any atom is -0.294 e. The van der Waals surface area contributed by atoms with Gasteiger partial charge in [-0.1, -0.05) is 43.0 Å². The molecule has 0 radical (unpaired) electrons. The second kappa shape index (κ2) is 7.14. The molecule has 0 saturated carbocycles. The van der Waals surface area contributed by atoms with E-state index >= 15 is 0 Å². The van der Waals surface area contributed by atoms with Crippen LogP contribution in [0.1, 0.15) is 56.4 Å². The molecule has 0 aliphatic carbocycles. The summed E-state index contributed by atoms with van der Waals surface area (Å²) in [6.45, 7) is 2.04. The van der Waals surface area contributed by atoms with Crippen molar-refractivity contribution in [1.82, 2.24) is 4.90 Å². The lowest BCUT2D eigenvalue weighted by atomic mass is 10.0. The van der Waals surface area contributed by atoms with Crippen molar-refractivity contribution >= 4 is 17.6 Å². The molecule has 1 aliphatic rings. The van der Waals surface area contributed by atoms with Crippen LogP contribution >= 0.6 is 0 Å². The fourth-order valence-electron chi connectivity index (χ4n) is 2.76. The maximum Gasteiger partial charge on any atom is 0.261 e. The van der Waals surface area contributed by atoms with Gasteiger partial charge in [-0.15, -0.1) is 0 Å². The summed E-state index contributed by atoms with van der Waals surface area (Å²) in [5, 5.41) is 0. The van der Waals surface area contributed by atoms with E-state index in [1.54, 1.807) is 42.5 Å². The summed E-state index contributed by atoms with van der Waals surface area (Å²) >= 11 is 0. The lowest BCUT2D eigenvalue weighted by Crippen LogP contribution is -2.31. The largest absolute Gasteiger partial charge is 0.294 e. The van der Waals surface area contributed by atoms with Gasteiger partial charge in [0, 0.05) is 30.5 Å². The Morgan fingerprint density at radius 3 is 2.32 bits per heavy atom. The number of imide groups is 1. The Morgan fingerprint density at radius 1 is 1.00 bits per heavy atom. The van der Waals surface area contributed by atoms with Crippen molar-refractivity contribution < 1.29 is 14.4 Å². The molecule has 0 atom stereocenters. The Morgan fingerprint density at radius 2 is 1.68 bits per heavy atom. The lowest BCUT2D eigenvalue weighted by molar-refractivity contribution is 0.0649. The Balaban J connectivity index is 1.69. The van der Waals surface area contributed by atoms with Gasteiger partial charge in [0.2, 0.25) is 0 Å². The predicted molar refractivity (Wildman–Crippen MR) is 94.4 cm³/mol. The smallest absolute Gasteiger partial charge is 0.261 e. The SMILES string of the molecule is CCC#Cc1cccc(C(=O)CCN2C(=O)c3ccccc3C2=O)c1. The van der Waals surface area contributed by atoms with Gasteiger partial charge in [-0.25, -0.2) is 0 Å². The average molecular weight is 331 g/mol. The van der Waals surface area contributed by atoms with Gasteiger partial charge in [-0.3, -0.25) is 19.3 Å². The van der Waals surface area contributed by atoms with E-state index in [2.05, 4.69) is 11.8 Å². The molecule has 0 unspecified atom stereocenters. The van der Waals surface area contributed by atoms with E-state index in [0.717, 1.165) is 16.9 Å². The Hall–Kier alpha value is -3.19. The van der Waals surface area contributed by atoms with Crippen LogP contribution in [0, 0.1) is 11.8 Å². The molecule has 1 aliphatic heterocycles. The summed E-state index contributed by atoms with van der Waals surface area (Å²) < 4.78 is 0. The highest BCUT2D eigenvalue weighted by atomic mass is 16.2. The summed E-state index contributed by atoms with van der Waals surface area (Å²) in [6, 6.07) is 13.8. The first-order chi connectivity index (χ1) is 12.1. The highest BCUT2D eigenvalue weighted by Gasteiger charge is 2.34. The number of carbonyl (C=O) groups is 3. The number of hydrogen-bond donors (Lipinski definition) is 0. The molecule has 0 aromatic heterocycles. The molecule has 2 amide bonds. The molecular formula is C21H17NO3. The summed E-state index contributed by atoms with van der Waals surface area (Å²) in [4.78, 5) is 38.2. The van der Waals surface area contributed by atoms with Crippen molar-refractivity contribution in [1.29, 1.82) is 0 Å². The number of Topliss-reactive ketones (excluding diaryl/α,β-unsaturated/α-hetero) is 1.